The number of carbonyl (C=O) groups excluding carboxylic acids is 2. The summed E-state index contributed by atoms with van der Waals surface area (Å²) in [6.45, 7) is 3.97. The Kier molecular flexibility index (Phi) is 4.07. The second-order valence-corrected chi connectivity index (χ2v) is 12.1. The molecule has 0 aromatic heterocycles. The van der Waals surface area contributed by atoms with E-state index in [2.05, 4.69) is 19.1 Å². The highest BCUT2D eigenvalue weighted by atomic mass is 32.2. The van der Waals surface area contributed by atoms with Gasteiger partial charge in [0, 0.05) is 21.6 Å². The van der Waals surface area contributed by atoms with Gasteiger partial charge >= 0.3 is 0 Å². The van der Waals surface area contributed by atoms with Gasteiger partial charge in [0.1, 0.15) is 0 Å². The zero-order valence-electron chi connectivity index (χ0n) is 17.8. The van der Waals surface area contributed by atoms with E-state index in [1.54, 1.807) is 6.92 Å². The first-order valence-electron chi connectivity index (χ1n) is 11.6. The van der Waals surface area contributed by atoms with Crippen LogP contribution < -0.4 is 0 Å². The van der Waals surface area contributed by atoms with Gasteiger partial charge in [0.25, 0.3) is 0 Å². The normalized spacial score (nSPS) is 43.8. The van der Waals surface area contributed by atoms with Crippen molar-refractivity contribution in [2.45, 2.75) is 80.5 Å². The molecule has 0 radical (unpaired) electrons. The maximum absolute atomic E-state index is 12.3. The zero-order chi connectivity index (χ0) is 20.8. The van der Waals surface area contributed by atoms with E-state index >= 15 is 0 Å². The van der Waals surface area contributed by atoms with E-state index in [1.165, 1.54) is 16.0 Å². The predicted octanol–water partition coefficient (Wildman–Crippen LogP) is 5.31. The number of rotatable bonds is 1. The van der Waals surface area contributed by atoms with Gasteiger partial charge in [0.15, 0.2) is 11.6 Å². The van der Waals surface area contributed by atoms with Crippen molar-refractivity contribution < 1.29 is 14.7 Å². The fourth-order valence-corrected chi connectivity index (χ4v) is 10.00. The third kappa shape index (κ3) is 2.38. The summed E-state index contributed by atoms with van der Waals surface area (Å²) >= 11 is 1.96. The number of aliphatic hydroxyl groups is 1. The molecular weight excluding hydrogens is 392 g/mol. The zero-order valence-corrected chi connectivity index (χ0v) is 18.6. The van der Waals surface area contributed by atoms with Crippen molar-refractivity contribution in [3.05, 3.63) is 41.0 Å². The van der Waals surface area contributed by atoms with E-state index in [1.807, 2.05) is 23.9 Å². The van der Waals surface area contributed by atoms with Crippen molar-refractivity contribution in [1.82, 2.24) is 0 Å². The molecule has 0 amide bonds. The standard InChI is InChI=1S/C26H30O3S/c1-14(27)15-3-5-18-20-13-25(2)21(7-8-23(25)29)19-6-4-16-12-17(28)9-10-26(16,24(19)20)30-22(18)11-15/h3,5,11-12,19-21,23-24,29H,4,6-10,13H2,1-2H3/t19-,20+,21-,23-,24+,25-,26+/m0/s1. The predicted molar refractivity (Wildman–Crippen MR) is 118 cm³/mol. The number of fused-ring (bicyclic) bond motifs is 4. The number of carbonyl (C=O) groups is 2. The van der Waals surface area contributed by atoms with Gasteiger partial charge in [-0.25, -0.2) is 0 Å². The van der Waals surface area contributed by atoms with Gasteiger partial charge in [-0.3, -0.25) is 9.59 Å². The van der Waals surface area contributed by atoms with Crippen LogP contribution in [0.2, 0.25) is 0 Å². The minimum absolute atomic E-state index is 0.00121. The number of benzene rings is 1. The molecule has 1 aromatic rings. The van der Waals surface area contributed by atoms with Gasteiger partial charge < -0.3 is 5.11 Å². The largest absolute Gasteiger partial charge is 0.393 e. The van der Waals surface area contributed by atoms with Gasteiger partial charge in [0.05, 0.1) is 6.10 Å². The van der Waals surface area contributed by atoms with Crippen LogP contribution in [0.4, 0.5) is 0 Å². The maximum atomic E-state index is 12.3. The highest BCUT2D eigenvalue weighted by Crippen LogP contribution is 2.72. The third-order valence-corrected chi connectivity index (χ3v) is 11.1. The number of aliphatic hydroxyl groups excluding tert-OH is 1. The molecule has 0 saturated heterocycles. The number of Topliss-reactive ketones (excluding diaryl/α,β-unsaturated/α-hetero) is 1. The molecule has 1 aromatic carbocycles. The molecule has 3 fully saturated rings. The summed E-state index contributed by atoms with van der Waals surface area (Å²) in [6.07, 6.45) is 8.58. The van der Waals surface area contributed by atoms with Crippen LogP contribution >= 0.6 is 11.8 Å². The van der Waals surface area contributed by atoms with E-state index in [4.69, 9.17) is 0 Å². The molecule has 7 atom stereocenters. The molecule has 1 N–H and O–H groups in total. The Morgan fingerprint density at radius 3 is 2.83 bits per heavy atom. The monoisotopic (exact) mass is 422 g/mol. The summed E-state index contributed by atoms with van der Waals surface area (Å²) in [5.74, 6) is 2.53. The highest BCUT2D eigenvalue weighted by Gasteiger charge is 2.65. The Morgan fingerprint density at radius 1 is 1.20 bits per heavy atom. The van der Waals surface area contributed by atoms with Gasteiger partial charge in [-0.05, 0) is 97.8 Å². The highest BCUT2D eigenvalue weighted by molar-refractivity contribution is 8.01. The lowest BCUT2D eigenvalue weighted by Gasteiger charge is -2.63. The molecule has 3 nitrogen and oxygen atoms in total. The number of ketones is 2. The van der Waals surface area contributed by atoms with E-state index in [9.17, 15) is 14.7 Å². The van der Waals surface area contributed by atoms with Gasteiger partial charge in [0.2, 0.25) is 0 Å². The van der Waals surface area contributed by atoms with Crippen LogP contribution in [0.3, 0.4) is 0 Å². The van der Waals surface area contributed by atoms with Crippen LogP contribution in [0, 0.1) is 23.2 Å². The lowest BCUT2D eigenvalue weighted by molar-refractivity contribution is -0.116. The summed E-state index contributed by atoms with van der Waals surface area (Å²) in [4.78, 5) is 25.7. The first kappa shape index (κ1) is 19.3. The van der Waals surface area contributed by atoms with Gasteiger partial charge in [-0.1, -0.05) is 19.1 Å². The van der Waals surface area contributed by atoms with Crippen LogP contribution in [0.25, 0.3) is 0 Å². The topological polar surface area (TPSA) is 54.4 Å². The number of hydrogen-bond acceptors (Lipinski definition) is 4. The number of hydrogen-bond donors (Lipinski definition) is 1. The molecule has 0 bridgehead atoms. The van der Waals surface area contributed by atoms with Crippen molar-refractivity contribution in [3.63, 3.8) is 0 Å². The van der Waals surface area contributed by atoms with Crippen molar-refractivity contribution in [2.24, 2.45) is 23.2 Å². The third-order valence-electron chi connectivity index (χ3n) is 9.45. The molecule has 1 heterocycles. The summed E-state index contributed by atoms with van der Waals surface area (Å²) in [6, 6.07) is 6.30. The van der Waals surface area contributed by atoms with E-state index in [-0.39, 0.29) is 27.8 Å². The van der Waals surface area contributed by atoms with Crippen LogP contribution in [-0.4, -0.2) is 27.5 Å². The minimum atomic E-state index is -0.209. The van der Waals surface area contributed by atoms with Crippen LogP contribution in [0.15, 0.2) is 34.7 Å². The van der Waals surface area contributed by atoms with Crippen molar-refractivity contribution in [1.29, 1.82) is 0 Å². The molecule has 1 aliphatic heterocycles. The fourth-order valence-electron chi connectivity index (χ4n) is 8.11. The number of thioether (sulfide) groups is 1. The first-order chi connectivity index (χ1) is 14.3. The Labute approximate surface area is 182 Å². The molecule has 5 aliphatic rings. The summed E-state index contributed by atoms with van der Waals surface area (Å²) in [7, 11) is 0. The van der Waals surface area contributed by atoms with Gasteiger partial charge in [-0.15, -0.1) is 11.8 Å². The summed E-state index contributed by atoms with van der Waals surface area (Å²) < 4.78 is -0.00121. The Balaban J connectivity index is 1.56. The molecule has 3 saturated carbocycles. The second kappa shape index (κ2) is 6.32. The summed E-state index contributed by atoms with van der Waals surface area (Å²) in [5.41, 5.74) is 3.50. The van der Waals surface area contributed by atoms with Crippen LogP contribution in [0.1, 0.15) is 80.6 Å². The fraction of sp³-hybridized carbons (Fsp3) is 0.615. The SMILES string of the molecule is CC(=O)c1ccc2c(c1)S[C@]13CCC(=O)C=C1CC[C@@H]1[C@@H]3[C@@H]2C[C@]2(C)[C@@H](O)CC[C@@H]12. The lowest BCUT2D eigenvalue weighted by Crippen LogP contribution is -2.58. The summed E-state index contributed by atoms with van der Waals surface area (Å²) in [5, 5.41) is 11.0. The molecule has 1 spiro atoms. The molecule has 4 aliphatic carbocycles. The molecule has 30 heavy (non-hydrogen) atoms. The molecule has 0 unspecified atom stereocenters. The minimum Gasteiger partial charge on any atom is -0.393 e. The lowest BCUT2D eigenvalue weighted by atomic mass is 9.47. The van der Waals surface area contributed by atoms with Crippen molar-refractivity contribution in [3.8, 4) is 0 Å². The van der Waals surface area contributed by atoms with Crippen molar-refractivity contribution >= 4 is 23.3 Å². The first-order valence-corrected chi connectivity index (χ1v) is 12.4. The Morgan fingerprint density at radius 2 is 2.03 bits per heavy atom. The molecule has 6 rings (SSSR count). The van der Waals surface area contributed by atoms with Crippen LogP contribution in [-0.2, 0) is 4.79 Å². The Bertz CT molecular complexity index is 996. The van der Waals surface area contributed by atoms with E-state index in [0.717, 1.165) is 44.1 Å². The smallest absolute Gasteiger partial charge is 0.159 e. The van der Waals surface area contributed by atoms with E-state index < -0.39 is 0 Å². The Hall–Kier alpha value is -1.39. The van der Waals surface area contributed by atoms with Crippen molar-refractivity contribution in [2.75, 3.05) is 0 Å². The quantitative estimate of drug-likeness (QED) is 0.623. The molecule has 158 valence electrons. The molecular formula is C26H30O3S. The van der Waals surface area contributed by atoms with Gasteiger partial charge in [-0.2, -0.15) is 0 Å². The molecule has 4 heteroatoms. The van der Waals surface area contributed by atoms with Crippen LogP contribution in [0.5, 0.6) is 0 Å². The maximum Gasteiger partial charge on any atom is 0.159 e. The average Bonchev–Trinajstić information content (AvgIpc) is 3.02. The van der Waals surface area contributed by atoms with E-state index in [0.29, 0.717) is 30.1 Å². The second-order valence-electron chi connectivity index (χ2n) is 10.7. The average molecular weight is 423 g/mol.